The van der Waals surface area contributed by atoms with E-state index in [1.807, 2.05) is 0 Å². The molecule has 0 N–H and O–H groups in total. The lowest BCUT2D eigenvalue weighted by molar-refractivity contribution is 1.10. The summed E-state index contributed by atoms with van der Waals surface area (Å²) in [6, 6.07) is 81.8. The van der Waals surface area contributed by atoms with E-state index in [1.165, 1.54) is 93.2 Å². The van der Waals surface area contributed by atoms with Crippen LogP contribution < -0.4 is 0 Å². The summed E-state index contributed by atoms with van der Waals surface area (Å²) in [6.45, 7) is 2.15. The second-order valence-electron chi connectivity index (χ2n) is 16.3. The first-order valence-electron chi connectivity index (χ1n) is 21.4. The molecule has 12 aromatic rings. The fraction of sp³-hybridized carbons (Fsp3) is 0.0167. The van der Waals surface area contributed by atoms with Gasteiger partial charge in [-0.2, -0.15) is 0 Å². The number of aryl methyl sites for hydroxylation is 1. The first kappa shape index (κ1) is 35.8. The fourth-order valence-electron chi connectivity index (χ4n) is 9.90. The Labute approximate surface area is 360 Å². The summed E-state index contributed by atoms with van der Waals surface area (Å²) in [5.74, 6) is 0.930. The van der Waals surface area contributed by atoms with Crippen LogP contribution in [0.15, 0.2) is 224 Å². The lowest BCUT2D eigenvalue weighted by Crippen LogP contribution is -1.97. The third kappa shape index (κ3) is 5.76. The van der Waals surface area contributed by atoms with Gasteiger partial charge in [0.25, 0.3) is 0 Å². The zero-order chi connectivity index (χ0) is 41.1. The van der Waals surface area contributed by atoms with Gasteiger partial charge in [-0.15, -0.1) is 0 Å². The molecule has 0 amide bonds. The van der Waals surface area contributed by atoms with Crippen LogP contribution >= 0.6 is 0 Å². The molecule has 0 unspecified atom stereocenters. The van der Waals surface area contributed by atoms with Crippen LogP contribution in [0.1, 0.15) is 5.56 Å². The number of aromatic nitrogens is 2. The van der Waals surface area contributed by atoms with E-state index in [4.69, 9.17) is 4.98 Å². The molecule has 1 aromatic heterocycles. The number of nitrogens with zero attached hydrogens (tertiary/aromatic N) is 2. The molecule has 0 bridgehead atoms. The van der Waals surface area contributed by atoms with Gasteiger partial charge in [0, 0.05) is 11.3 Å². The van der Waals surface area contributed by atoms with Crippen molar-refractivity contribution in [3.8, 4) is 61.6 Å². The second kappa shape index (κ2) is 14.6. The molecule has 11 aromatic carbocycles. The highest BCUT2D eigenvalue weighted by Crippen LogP contribution is 2.47. The highest BCUT2D eigenvalue weighted by Gasteiger charge is 2.21. The molecule has 0 saturated heterocycles. The molecule has 2 nitrogen and oxygen atoms in total. The van der Waals surface area contributed by atoms with E-state index in [9.17, 15) is 0 Å². The van der Waals surface area contributed by atoms with E-state index in [1.54, 1.807) is 0 Å². The molecule has 0 fully saturated rings. The molecule has 12 rings (SSSR count). The second-order valence-corrected chi connectivity index (χ2v) is 16.3. The van der Waals surface area contributed by atoms with Crippen LogP contribution in [0.4, 0.5) is 0 Å². The van der Waals surface area contributed by atoms with Crippen molar-refractivity contribution in [3.63, 3.8) is 0 Å². The molecular weight excluding hydrogens is 749 g/mol. The Morgan fingerprint density at radius 2 is 0.677 bits per heavy atom. The average molecular weight is 789 g/mol. The van der Waals surface area contributed by atoms with Crippen LogP contribution in [-0.2, 0) is 0 Å². The minimum Gasteiger partial charge on any atom is -0.292 e. The van der Waals surface area contributed by atoms with Gasteiger partial charge in [0.1, 0.15) is 5.82 Å². The normalized spacial score (nSPS) is 11.6. The summed E-state index contributed by atoms with van der Waals surface area (Å²) < 4.78 is 2.27. The largest absolute Gasteiger partial charge is 0.292 e. The Morgan fingerprint density at radius 1 is 0.306 bits per heavy atom. The van der Waals surface area contributed by atoms with Gasteiger partial charge in [-0.25, -0.2) is 4.98 Å². The average Bonchev–Trinajstić information content (AvgIpc) is 3.73. The molecule has 1 heterocycles. The highest BCUT2D eigenvalue weighted by molar-refractivity contribution is 6.23. The van der Waals surface area contributed by atoms with Gasteiger partial charge in [0.05, 0.1) is 11.0 Å². The fourth-order valence-corrected chi connectivity index (χ4v) is 9.90. The molecule has 0 atom stereocenters. The summed E-state index contributed by atoms with van der Waals surface area (Å²) >= 11 is 0. The van der Waals surface area contributed by atoms with Crippen LogP contribution in [-0.4, -0.2) is 9.55 Å². The Balaban J connectivity index is 1.03. The van der Waals surface area contributed by atoms with E-state index in [-0.39, 0.29) is 0 Å². The number of fused-ring (bicyclic) bond motifs is 5. The Bertz CT molecular complexity index is 3560. The predicted molar refractivity (Wildman–Crippen MR) is 263 cm³/mol. The van der Waals surface area contributed by atoms with Gasteiger partial charge in [0.15, 0.2) is 0 Å². The SMILES string of the molecule is Cc1ccc(-c2c3ccccc3c(-c3cccc(-c4c5ccccc5c(-c5ccc(-c6nc7ccccc7n6-c6ccccc6)cc5)c5ccccc45)c3)c3ccccc23)cc1. The number of hydrogen-bond acceptors (Lipinski definition) is 1. The minimum absolute atomic E-state index is 0.930. The Kier molecular flexibility index (Phi) is 8.43. The third-order valence-electron chi connectivity index (χ3n) is 12.7. The van der Waals surface area contributed by atoms with Gasteiger partial charge in [0.2, 0.25) is 0 Å². The van der Waals surface area contributed by atoms with E-state index >= 15 is 0 Å². The highest BCUT2D eigenvalue weighted by atomic mass is 15.1. The standard InChI is InChI=1S/C60H40N2/c1-39-30-32-40(33-31-39)56-46-20-5-9-24-50(46)58(51-25-10-6-21-47(51)56)43-16-15-17-44(38-43)59-52-26-11-7-22-48(52)57(49-23-8-12-27-53(49)59)41-34-36-42(37-35-41)60-61-54-28-13-14-29-55(54)62(60)45-18-3-2-4-19-45/h2-38H,1H3. The van der Waals surface area contributed by atoms with Crippen molar-refractivity contribution in [1.29, 1.82) is 0 Å². The molecule has 0 aliphatic heterocycles. The van der Waals surface area contributed by atoms with Gasteiger partial charge < -0.3 is 0 Å². The maximum absolute atomic E-state index is 5.15. The van der Waals surface area contributed by atoms with Crippen molar-refractivity contribution < 1.29 is 0 Å². The molecule has 2 heteroatoms. The van der Waals surface area contributed by atoms with Crippen molar-refractivity contribution in [2.75, 3.05) is 0 Å². The lowest BCUT2D eigenvalue weighted by atomic mass is 9.83. The summed E-state index contributed by atoms with van der Waals surface area (Å²) in [7, 11) is 0. The van der Waals surface area contributed by atoms with E-state index < -0.39 is 0 Å². The summed E-state index contributed by atoms with van der Waals surface area (Å²) in [4.78, 5) is 5.15. The zero-order valence-electron chi connectivity index (χ0n) is 34.3. The van der Waals surface area contributed by atoms with Gasteiger partial charge in [-0.05, 0) is 125 Å². The number of hydrogen-bond donors (Lipinski definition) is 0. The van der Waals surface area contributed by atoms with Crippen LogP contribution in [0.5, 0.6) is 0 Å². The molecule has 0 radical (unpaired) electrons. The summed E-state index contributed by atoms with van der Waals surface area (Å²) in [6.07, 6.45) is 0. The van der Waals surface area contributed by atoms with Gasteiger partial charge in [-0.1, -0.05) is 200 Å². The van der Waals surface area contributed by atoms with E-state index in [0.29, 0.717) is 0 Å². The molecule has 62 heavy (non-hydrogen) atoms. The molecule has 0 aliphatic carbocycles. The van der Waals surface area contributed by atoms with Gasteiger partial charge >= 0.3 is 0 Å². The summed E-state index contributed by atoms with van der Waals surface area (Å²) in [5, 5.41) is 9.97. The maximum Gasteiger partial charge on any atom is 0.145 e. The van der Waals surface area contributed by atoms with Crippen molar-refractivity contribution in [1.82, 2.24) is 9.55 Å². The third-order valence-corrected chi connectivity index (χ3v) is 12.7. The van der Waals surface area contributed by atoms with Crippen molar-refractivity contribution in [3.05, 3.63) is 230 Å². The zero-order valence-corrected chi connectivity index (χ0v) is 34.3. The maximum atomic E-state index is 5.15. The Morgan fingerprint density at radius 3 is 1.15 bits per heavy atom. The van der Waals surface area contributed by atoms with Gasteiger partial charge in [-0.3, -0.25) is 4.57 Å². The topological polar surface area (TPSA) is 17.8 Å². The van der Waals surface area contributed by atoms with E-state index in [2.05, 4.69) is 236 Å². The lowest BCUT2D eigenvalue weighted by Gasteiger charge is -2.20. The van der Waals surface area contributed by atoms with Crippen LogP contribution in [0, 0.1) is 6.92 Å². The van der Waals surface area contributed by atoms with Crippen molar-refractivity contribution >= 4 is 54.1 Å². The first-order chi connectivity index (χ1) is 30.7. The molecule has 0 spiro atoms. The number of rotatable bonds is 6. The van der Waals surface area contributed by atoms with Crippen molar-refractivity contribution in [2.24, 2.45) is 0 Å². The molecular formula is C60H40N2. The molecule has 0 saturated carbocycles. The molecule has 290 valence electrons. The molecule has 0 aliphatic rings. The van der Waals surface area contributed by atoms with Crippen LogP contribution in [0.25, 0.3) is 116 Å². The number of imidazole rings is 1. The summed E-state index contributed by atoms with van der Waals surface area (Å²) in [5.41, 5.74) is 15.4. The van der Waals surface area contributed by atoms with E-state index in [0.717, 1.165) is 28.1 Å². The van der Waals surface area contributed by atoms with Crippen LogP contribution in [0.2, 0.25) is 0 Å². The monoisotopic (exact) mass is 788 g/mol. The number of para-hydroxylation sites is 3. The number of benzene rings is 11. The smallest absolute Gasteiger partial charge is 0.145 e. The van der Waals surface area contributed by atoms with Crippen LogP contribution in [0.3, 0.4) is 0 Å². The minimum atomic E-state index is 0.930. The van der Waals surface area contributed by atoms with Crippen molar-refractivity contribution in [2.45, 2.75) is 6.92 Å². The predicted octanol–water partition coefficient (Wildman–Crippen LogP) is 16.3. The quantitative estimate of drug-likeness (QED) is 0.153. The Hall–Kier alpha value is -8.07. The first-order valence-corrected chi connectivity index (χ1v) is 21.4.